The number of anilines is 1. The number of amides is 2. The molecule has 0 radical (unpaired) electrons. The molecule has 0 aliphatic rings. The molecule has 204 valence electrons. The summed E-state index contributed by atoms with van der Waals surface area (Å²) in [4.78, 5) is 26.6. The molecule has 0 fully saturated rings. The molecule has 0 unspecified atom stereocenters. The first-order valence-electron chi connectivity index (χ1n) is 12.1. The summed E-state index contributed by atoms with van der Waals surface area (Å²) in [7, 11) is 4.51. The van der Waals surface area contributed by atoms with Crippen molar-refractivity contribution in [3.8, 4) is 28.7 Å². The molecule has 0 heterocycles. The Balaban J connectivity index is 1.56. The molecule has 40 heavy (non-hydrogen) atoms. The van der Waals surface area contributed by atoms with Gasteiger partial charge in [-0.15, -0.1) is 0 Å². The van der Waals surface area contributed by atoms with Crippen molar-refractivity contribution in [1.29, 1.82) is 0 Å². The zero-order valence-electron chi connectivity index (χ0n) is 22.1. The number of nitrogens with one attached hydrogen (secondary N) is 2. The molecular formula is C31H27ClN2O6. The zero-order chi connectivity index (χ0) is 28.5. The number of halogens is 1. The molecule has 0 aliphatic carbocycles. The minimum atomic E-state index is -0.536. The van der Waals surface area contributed by atoms with Gasteiger partial charge >= 0.3 is 0 Å². The van der Waals surface area contributed by atoms with Gasteiger partial charge in [-0.05, 0) is 78.9 Å². The van der Waals surface area contributed by atoms with E-state index in [2.05, 4.69) is 10.6 Å². The van der Waals surface area contributed by atoms with Crippen LogP contribution >= 0.6 is 11.6 Å². The fourth-order valence-electron chi connectivity index (χ4n) is 3.71. The van der Waals surface area contributed by atoms with E-state index < -0.39 is 11.8 Å². The molecule has 4 aromatic rings. The third-order valence-corrected chi connectivity index (χ3v) is 5.99. The van der Waals surface area contributed by atoms with E-state index in [4.69, 9.17) is 30.5 Å². The van der Waals surface area contributed by atoms with Crippen molar-refractivity contribution in [1.82, 2.24) is 5.32 Å². The number of benzene rings is 4. The number of carbonyl (C=O) groups excluding carboxylic acids is 2. The summed E-state index contributed by atoms with van der Waals surface area (Å²) in [6, 6.07) is 25.7. The summed E-state index contributed by atoms with van der Waals surface area (Å²) in [6.45, 7) is 0. The van der Waals surface area contributed by atoms with Gasteiger partial charge in [-0.25, -0.2) is 0 Å². The SMILES string of the molecule is COc1ccccc1C=C(NC(=O)c1ccc(OC)c(OC)c1)C(=O)Nc1ccc(Oc2ccc(Cl)cc2)cc1. The molecule has 2 N–H and O–H groups in total. The van der Waals surface area contributed by atoms with Gasteiger partial charge in [0.25, 0.3) is 11.8 Å². The molecule has 0 spiro atoms. The number of methoxy groups -OCH3 is 3. The monoisotopic (exact) mass is 558 g/mol. The second-order valence-electron chi connectivity index (χ2n) is 8.36. The van der Waals surface area contributed by atoms with Crippen molar-refractivity contribution in [2.24, 2.45) is 0 Å². The predicted molar refractivity (Wildman–Crippen MR) is 155 cm³/mol. The van der Waals surface area contributed by atoms with Crippen molar-refractivity contribution < 1.29 is 28.5 Å². The summed E-state index contributed by atoms with van der Waals surface area (Å²) in [5, 5.41) is 6.14. The number of hydrogen-bond donors (Lipinski definition) is 2. The molecule has 0 aliphatic heterocycles. The van der Waals surface area contributed by atoms with Crippen LogP contribution in [0.15, 0.2) is 96.7 Å². The Morgan fingerprint density at radius 3 is 2.00 bits per heavy atom. The van der Waals surface area contributed by atoms with Crippen LogP contribution < -0.4 is 29.6 Å². The van der Waals surface area contributed by atoms with Crippen molar-refractivity contribution >= 4 is 35.2 Å². The summed E-state index contributed by atoms with van der Waals surface area (Å²) in [6.07, 6.45) is 1.55. The maximum atomic E-state index is 13.4. The van der Waals surface area contributed by atoms with E-state index in [-0.39, 0.29) is 11.3 Å². The second kappa shape index (κ2) is 13.2. The lowest BCUT2D eigenvalue weighted by Gasteiger charge is -2.14. The second-order valence-corrected chi connectivity index (χ2v) is 8.79. The highest BCUT2D eigenvalue weighted by atomic mass is 35.5. The lowest BCUT2D eigenvalue weighted by atomic mass is 10.1. The standard InChI is InChI=1S/C31H27ClN2O6/c1-37-27-7-5-4-6-20(27)18-26(34-30(35)21-8-17-28(38-2)29(19-21)39-3)31(36)33-23-11-15-25(16-12-23)40-24-13-9-22(32)10-14-24/h4-19H,1-3H3,(H,33,36)(H,34,35). The van der Waals surface area contributed by atoms with Crippen molar-refractivity contribution in [3.63, 3.8) is 0 Å². The molecular weight excluding hydrogens is 532 g/mol. The topological polar surface area (TPSA) is 95.1 Å². The van der Waals surface area contributed by atoms with Crippen LogP contribution in [0.4, 0.5) is 5.69 Å². The van der Waals surface area contributed by atoms with Gasteiger partial charge in [-0.1, -0.05) is 29.8 Å². The quantitative estimate of drug-likeness (QED) is 0.214. The van der Waals surface area contributed by atoms with Crippen molar-refractivity contribution in [2.45, 2.75) is 0 Å². The number of hydrogen-bond acceptors (Lipinski definition) is 6. The fourth-order valence-corrected chi connectivity index (χ4v) is 3.84. The summed E-state index contributed by atoms with van der Waals surface area (Å²) in [5.41, 5.74) is 1.39. The highest BCUT2D eigenvalue weighted by Crippen LogP contribution is 2.28. The van der Waals surface area contributed by atoms with Gasteiger partial charge in [0.05, 0.1) is 21.3 Å². The number of carbonyl (C=O) groups is 2. The van der Waals surface area contributed by atoms with Gasteiger partial charge in [0.1, 0.15) is 22.9 Å². The van der Waals surface area contributed by atoms with E-state index in [1.54, 1.807) is 84.9 Å². The van der Waals surface area contributed by atoms with Crippen LogP contribution in [0.3, 0.4) is 0 Å². The Morgan fingerprint density at radius 1 is 0.725 bits per heavy atom. The fraction of sp³-hybridized carbons (Fsp3) is 0.0968. The number of ether oxygens (including phenoxy) is 4. The minimum Gasteiger partial charge on any atom is -0.496 e. The van der Waals surface area contributed by atoms with Gasteiger partial charge < -0.3 is 29.6 Å². The molecule has 2 amide bonds. The highest BCUT2D eigenvalue weighted by molar-refractivity contribution is 6.30. The van der Waals surface area contributed by atoms with Crippen molar-refractivity contribution in [3.05, 3.63) is 113 Å². The van der Waals surface area contributed by atoms with Gasteiger partial charge in [-0.2, -0.15) is 0 Å². The molecule has 9 heteroatoms. The number of rotatable bonds is 10. The first-order chi connectivity index (χ1) is 19.4. The van der Waals surface area contributed by atoms with Crippen LogP contribution in [0, 0.1) is 0 Å². The molecule has 4 aromatic carbocycles. The first kappa shape index (κ1) is 28.1. The van der Waals surface area contributed by atoms with Crippen LogP contribution in [0.25, 0.3) is 6.08 Å². The van der Waals surface area contributed by atoms with Gasteiger partial charge in [0, 0.05) is 21.8 Å². The largest absolute Gasteiger partial charge is 0.496 e. The van der Waals surface area contributed by atoms with Gasteiger partial charge in [-0.3, -0.25) is 9.59 Å². The first-order valence-corrected chi connectivity index (χ1v) is 12.5. The van der Waals surface area contributed by atoms with Gasteiger partial charge in [0.2, 0.25) is 0 Å². The molecule has 0 bridgehead atoms. The third-order valence-electron chi connectivity index (χ3n) is 5.74. The normalized spacial score (nSPS) is 10.8. The van der Waals surface area contributed by atoms with E-state index in [0.29, 0.717) is 45.0 Å². The Labute approximate surface area is 237 Å². The zero-order valence-corrected chi connectivity index (χ0v) is 22.8. The van der Waals surface area contributed by atoms with E-state index in [0.717, 1.165) is 0 Å². The molecule has 0 atom stereocenters. The summed E-state index contributed by atoms with van der Waals surface area (Å²) in [5.74, 6) is 1.56. The van der Waals surface area contributed by atoms with E-state index in [1.807, 2.05) is 6.07 Å². The number of para-hydroxylation sites is 1. The molecule has 4 rings (SSSR count). The predicted octanol–water partition coefficient (Wildman–Crippen LogP) is 6.57. The Bertz CT molecular complexity index is 1520. The van der Waals surface area contributed by atoms with E-state index in [9.17, 15) is 9.59 Å². The lowest BCUT2D eigenvalue weighted by Crippen LogP contribution is -2.30. The summed E-state index contributed by atoms with van der Waals surface area (Å²) >= 11 is 5.93. The van der Waals surface area contributed by atoms with Crippen LogP contribution in [-0.4, -0.2) is 33.1 Å². The lowest BCUT2D eigenvalue weighted by molar-refractivity contribution is -0.113. The third kappa shape index (κ3) is 7.12. The minimum absolute atomic E-state index is 0.00535. The average Bonchev–Trinajstić information content (AvgIpc) is 2.98. The molecule has 0 saturated heterocycles. The molecule has 0 aromatic heterocycles. The van der Waals surface area contributed by atoms with Crippen molar-refractivity contribution in [2.75, 3.05) is 26.6 Å². The van der Waals surface area contributed by atoms with Crippen LogP contribution in [0.2, 0.25) is 5.02 Å². The Kier molecular flexibility index (Phi) is 9.27. The van der Waals surface area contributed by atoms with Crippen LogP contribution in [-0.2, 0) is 4.79 Å². The molecule has 0 saturated carbocycles. The maximum Gasteiger partial charge on any atom is 0.272 e. The highest BCUT2D eigenvalue weighted by Gasteiger charge is 2.18. The molecule has 8 nitrogen and oxygen atoms in total. The van der Waals surface area contributed by atoms with Crippen LogP contribution in [0.5, 0.6) is 28.7 Å². The van der Waals surface area contributed by atoms with E-state index >= 15 is 0 Å². The van der Waals surface area contributed by atoms with E-state index in [1.165, 1.54) is 27.4 Å². The van der Waals surface area contributed by atoms with Gasteiger partial charge in [0.15, 0.2) is 11.5 Å². The summed E-state index contributed by atoms with van der Waals surface area (Å²) < 4.78 is 21.8. The maximum absolute atomic E-state index is 13.4. The van der Waals surface area contributed by atoms with Crippen LogP contribution in [0.1, 0.15) is 15.9 Å². The smallest absolute Gasteiger partial charge is 0.272 e. The average molecular weight is 559 g/mol. The Morgan fingerprint density at radius 2 is 1.35 bits per heavy atom. The Hall–Kier alpha value is -4.95.